The summed E-state index contributed by atoms with van der Waals surface area (Å²) < 4.78 is 16.5. The van der Waals surface area contributed by atoms with Crippen LogP contribution in [0.15, 0.2) is 18.2 Å². The average molecular weight is 360 g/mol. The van der Waals surface area contributed by atoms with E-state index in [4.69, 9.17) is 14.2 Å². The van der Waals surface area contributed by atoms with Gasteiger partial charge in [0.05, 0.1) is 12.5 Å². The Kier molecular flexibility index (Phi) is 5.60. The van der Waals surface area contributed by atoms with Crippen LogP contribution in [0.1, 0.15) is 24.8 Å². The molecule has 142 valence electrons. The van der Waals surface area contributed by atoms with Crippen molar-refractivity contribution in [2.45, 2.75) is 25.8 Å². The van der Waals surface area contributed by atoms with Crippen LogP contribution in [0.25, 0.3) is 0 Å². The lowest BCUT2D eigenvalue weighted by molar-refractivity contribution is -0.125. The van der Waals surface area contributed by atoms with Gasteiger partial charge in [-0.05, 0) is 56.0 Å². The quantitative estimate of drug-likeness (QED) is 0.868. The van der Waals surface area contributed by atoms with Crippen LogP contribution < -0.4 is 14.8 Å². The van der Waals surface area contributed by atoms with Gasteiger partial charge < -0.3 is 19.5 Å². The van der Waals surface area contributed by atoms with Crippen molar-refractivity contribution in [3.8, 4) is 11.5 Å². The van der Waals surface area contributed by atoms with E-state index in [1.165, 1.54) is 5.56 Å². The summed E-state index contributed by atoms with van der Waals surface area (Å²) in [7, 11) is 0. The van der Waals surface area contributed by atoms with Gasteiger partial charge in [-0.15, -0.1) is 0 Å². The number of hydrogen-bond donors (Lipinski definition) is 1. The average Bonchev–Trinajstić information content (AvgIpc) is 3.22. The predicted octanol–water partition coefficient (Wildman–Crippen LogP) is 1.82. The first-order chi connectivity index (χ1) is 12.8. The topological polar surface area (TPSA) is 60.0 Å². The fraction of sp³-hybridized carbons (Fsp3) is 0.650. The first-order valence-electron chi connectivity index (χ1n) is 9.74. The van der Waals surface area contributed by atoms with Gasteiger partial charge in [0, 0.05) is 19.7 Å². The Morgan fingerprint density at radius 1 is 1.08 bits per heavy atom. The van der Waals surface area contributed by atoms with Crippen LogP contribution in [0.2, 0.25) is 0 Å². The van der Waals surface area contributed by atoms with Gasteiger partial charge in [-0.25, -0.2) is 0 Å². The maximum atomic E-state index is 12.1. The lowest BCUT2D eigenvalue weighted by Gasteiger charge is -2.32. The van der Waals surface area contributed by atoms with Gasteiger partial charge in [-0.3, -0.25) is 9.69 Å². The molecule has 0 spiro atoms. The van der Waals surface area contributed by atoms with Gasteiger partial charge in [0.25, 0.3) is 0 Å². The van der Waals surface area contributed by atoms with Gasteiger partial charge in [0.15, 0.2) is 11.5 Å². The van der Waals surface area contributed by atoms with Gasteiger partial charge in [0.1, 0.15) is 13.2 Å². The maximum absolute atomic E-state index is 12.1. The molecule has 0 bridgehead atoms. The van der Waals surface area contributed by atoms with E-state index in [2.05, 4.69) is 22.3 Å². The number of piperidine rings is 1. The van der Waals surface area contributed by atoms with Crippen LogP contribution in [0.4, 0.5) is 0 Å². The molecule has 1 N–H and O–H groups in total. The fourth-order valence-corrected chi connectivity index (χ4v) is 3.92. The van der Waals surface area contributed by atoms with Crippen LogP contribution >= 0.6 is 0 Å². The number of rotatable bonds is 5. The molecule has 0 radical (unpaired) electrons. The Morgan fingerprint density at radius 2 is 1.88 bits per heavy atom. The third kappa shape index (κ3) is 4.30. The Labute approximate surface area is 154 Å². The van der Waals surface area contributed by atoms with Gasteiger partial charge in [-0.1, -0.05) is 6.07 Å². The van der Waals surface area contributed by atoms with Crippen molar-refractivity contribution < 1.29 is 19.0 Å². The van der Waals surface area contributed by atoms with Crippen molar-refractivity contribution in [2.75, 3.05) is 46.1 Å². The lowest BCUT2D eigenvalue weighted by Crippen LogP contribution is -2.40. The molecule has 2 saturated heterocycles. The highest BCUT2D eigenvalue weighted by atomic mass is 16.6. The van der Waals surface area contributed by atoms with Crippen LogP contribution in [0, 0.1) is 11.8 Å². The van der Waals surface area contributed by atoms with E-state index in [0.29, 0.717) is 25.7 Å². The molecule has 4 rings (SSSR count). The Morgan fingerprint density at radius 3 is 2.65 bits per heavy atom. The highest BCUT2D eigenvalue weighted by molar-refractivity contribution is 5.78. The van der Waals surface area contributed by atoms with Crippen LogP contribution in [-0.4, -0.2) is 56.9 Å². The summed E-state index contributed by atoms with van der Waals surface area (Å²) >= 11 is 0. The van der Waals surface area contributed by atoms with Crippen molar-refractivity contribution >= 4 is 5.91 Å². The molecule has 3 aliphatic heterocycles. The summed E-state index contributed by atoms with van der Waals surface area (Å²) in [5.74, 6) is 2.52. The molecule has 0 aromatic heterocycles. The largest absolute Gasteiger partial charge is 0.486 e. The van der Waals surface area contributed by atoms with Crippen molar-refractivity contribution in [3.05, 3.63) is 23.8 Å². The zero-order valence-electron chi connectivity index (χ0n) is 15.2. The standard InChI is InChI=1S/C20H28N2O4/c23-20(17-5-8-24-14-17)21-12-15-3-6-22(7-4-15)13-16-1-2-18-19(11-16)26-10-9-25-18/h1-2,11,15,17H,3-10,12-14H2,(H,21,23). The molecule has 1 unspecified atom stereocenters. The summed E-state index contributed by atoms with van der Waals surface area (Å²) in [6.07, 6.45) is 3.12. The van der Waals surface area contributed by atoms with E-state index in [0.717, 1.165) is 63.5 Å². The third-order valence-corrected chi connectivity index (χ3v) is 5.59. The first-order valence-corrected chi connectivity index (χ1v) is 9.74. The number of benzene rings is 1. The fourth-order valence-electron chi connectivity index (χ4n) is 3.92. The molecule has 3 heterocycles. The van der Waals surface area contributed by atoms with Gasteiger partial charge in [0.2, 0.25) is 5.91 Å². The molecule has 1 aromatic rings. The number of carbonyl (C=O) groups is 1. The monoisotopic (exact) mass is 360 g/mol. The van der Waals surface area contributed by atoms with Crippen molar-refractivity contribution in [1.29, 1.82) is 0 Å². The van der Waals surface area contributed by atoms with Crippen molar-refractivity contribution in [3.63, 3.8) is 0 Å². The number of amides is 1. The van der Waals surface area contributed by atoms with Gasteiger partial charge in [-0.2, -0.15) is 0 Å². The van der Waals surface area contributed by atoms with E-state index >= 15 is 0 Å². The van der Waals surface area contributed by atoms with Crippen LogP contribution in [0.5, 0.6) is 11.5 Å². The molecule has 2 fully saturated rings. The Bertz CT molecular complexity index is 622. The molecule has 1 atom stereocenters. The summed E-state index contributed by atoms with van der Waals surface area (Å²) in [5, 5.41) is 3.13. The molecule has 6 nitrogen and oxygen atoms in total. The summed E-state index contributed by atoms with van der Waals surface area (Å²) in [5.41, 5.74) is 1.27. The second-order valence-corrected chi connectivity index (χ2v) is 7.50. The van der Waals surface area contributed by atoms with E-state index in [9.17, 15) is 4.79 Å². The zero-order chi connectivity index (χ0) is 17.8. The highest BCUT2D eigenvalue weighted by Crippen LogP contribution is 2.31. The molecule has 6 heteroatoms. The highest BCUT2D eigenvalue weighted by Gasteiger charge is 2.25. The van der Waals surface area contributed by atoms with Crippen molar-refractivity contribution in [2.24, 2.45) is 11.8 Å². The minimum atomic E-state index is 0.0605. The lowest BCUT2D eigenvalue weighted by atomic mass is 9.96. The Hall–Kier alpha value is -1.79. The zero-order valence-corrected chi connectivity index (χ0v) is 15.2. The summed E-state index contributed by atoms with van der Waals surface area (Å²) in [6.45, 7) is 6.44. The molecule has 1 aromatic carbocycles. The second-order valence-electron chi connectivity index (χ2n) is 7.50. The van der Waals surface area contributed by atoms with E-state index in [1.54, 1.807) is 0 Å². The maximum Gasteiger partial charge on any atom is 0.225 e. The number of likely N-dealkylation sites (tertiary alicyclic amines) is 1. The number of fused-ring (bicyclic) bond motifs is 1. The minimum Gasteiger partial charge on any atom is -0.486 e. The number of nitrogens with zero attached hydrogens (tertiary/aromatic N) is 1. The SMILES string of the molecule is O=C(NCC1CCN(Cc2ccc3c(c2)OCCO3)CC1)C1CCOC1. The van der Waals surface area contributed by atoms with E-state index in [1.807, 2.05) is 6.07 Å². The first kappa shape index (κ1) is 17.6. The molecular weight excluding hydrogens is 332 g/mol. The predicted molar refractivity (Wildman–Crippen MR) is 97.4 cm³/mol. The second kappa shape index (κ2) is 8.27. The third-order valence-electron chi connectivity index (χ3n) is 5.59. The summed E-state index contributed by atoms with van der Waals surface area (Å²) in [6, 6.07) is 6.24. The minimum absolute atomic E-state index is 0.0605. The summed E-state index contributed by atoms with van der Waals surface area (Å²) in [4.78, 5) is 14.6. The number of nitrogens with one attached hydrogen (secondary N) is 1. The van der Waals surface area contributed by atoms with E-state index in [-0.39, 0.29) is 11.8 Å². The van der Waals surface area contributed by atoms with Crippen LogP contribution in [0.3, 0.4) is 0 Å². The van der Waals surface area contributed by atoms with E-state index < -0.39 is 0 Å². The molecule has 0 aliphatic carbocycles. The number of ether oxygens (including phenoxy) is 3. The molecular formula is C20H28N2O4. The number of hydrogen-bond acceptors (Lipinski definition) is 5. The molecule has 1 amide bonds. The molecule has 26 heavy (non-hydrogen) atoms. The van der Waals surface area contributed by atoms with Crippen molar-refractivity contribution in [1.82, 2.24) is 10.2 Å². The van der Waals surface area contributed by atoms with Gasteiger partial charge >= 0.3 is 0 Å². The Balaban J connectivity index is 1.20. The normalized spacial score (nSPS) is 23.8. The molecule has 3 aliphatic rings. The van der Waals surface area contributed by atoms with Crippen LogP contribution in [-0.2, 0) is 16.1 Å². The number of carbonyl (C=O) groups excluding carboxylic acids is 1. The molecule has 0 saturated carbocycles. The smallest absolute Gasteiger partial charge is 0.225 e.